The molecule has 0 atom stereocenters. The molecule has 0 saturated carbocycles. The molecule has 1 aliphatic heterocycles. The zero-order chi connectivity index (χ0) is 21.6. The van der Waals surface area contributed by atoms with Gasteiger partial charge in [-0.25, -0.2) is 0 Å². The second-order valence-electron chi connectivity index (χ2n) is 8.01. The topological polar surface area (TPSA) is 62.5 Å². The van der Waals surface area contributed by atoms with Crippen LogP contribution < -0.4 is 0 Å². The molecule has 0 aliphatic carbocycles. The molecular formula is C24H28N4O2S. The average Bonchev–Trinajstić information content (AvgIpc) is 3.24. The summed E-state index contributed by atoms with van der Waals surface area (Å²) in [6.07, 6.45) is 0. The van der Waals surface area contributed by atoms with Crippen LogP contribution in [0.1, 0.15) is 22.6 Å². The normalized spacial score (nSPS) is 14.7. The third-order valence-electron chi connectivity index (χ3n) is 5.48. The minimum atomic E-state index is 0.219. The maximum absolute atomic E-state index is 12.5. The average molecular weight is 437 g/mol. The van der Waals surface area contributed by atoms with E-state index in [1.54, 1.807) is 11.8 Å². The number of benzene rings is 2. The quantitative estimate of drug-likeness (QED) is 0.559. The molecule has 1 saturated heterocycles. The minimum absolute atomic E-state index is 0.219. The van der Waals surface area contributed by atoms with Gasteiger partial charge in [-0.05, 0) is 19.4 Å². The molecular weight excluding hydrogens is 408 g/mol. The van der Waals surface area contributed by atoms with Crippen molar-refractivity contribution in [1.29, 1.82) is 0 Å². The van der Waals surface area contributed by atoms with Crippen LogP contribution in [0.2, 0.25) is 0 Å². The van der Waals surface area contributed by atoms with Gasteiger partial charge >= 0.3 is 0 Å². The van der Waals surface area contributed by atoms with Crippen LogP contribution in [-0.4, -0.2) is 57.8 Å². The van der Waals surface area contributed by atoms with E-state index in [0.29, 0.717) is 24.0 Å². The number of hydrogen-bond donors (Lipinski definition) is 0. The minimum Gasteiger partial charge on any atom is -0.339 e. The molecule has 1 aliphatic rings. The van der Waals surface area contributed by atoms with Gasteiger partial charge in [-0.3, -0.25) is 9.69 Å². The third-order valence-corrected chi connectivity index (χ3v) is 6.47. The molecule has 4 rings (SSSR count). The third kappa shape index (κ3) is 5.95. The molecule has 1 amide bonds. The number of thioether (sulfide) groups is 1. The van der Waals surface area contributed by atoms with E-state index in [1.165, 1.54) is 16.7 Å². The van der Waals surface area contributed by atoms with Crippen molar-refractivity contribution in [1.82, 2.24) is 19.9 Å². The summed E-state index contributed by atoms with van der Waals surface area (Å²) in [5, 5.41) is 4.11. The van der Waals surface area contributed by atoms with E-state index in [9.17, 15) is 4.79 Å². The van der Waals surface area contributed by atoms with E-state index in [4.69, 9.17) is 4.52 Å². The van der Waals surface area contributed by atoms with Gasteiger partial charge in [0.05, 0.1) is 12.3 Å². The fourth-order valence-electron chi connectivity index (χ4n) is 3.52. The molecule has 0 N–H and O–H groups in total. The van der Waals surface area contributed by atoms with E-state index in [0.717, 1.165) is 37.5 Å². The molecule has 2 aromatic carbocycles. The van der Waals surface area contributed by atoms with E-state index in [2.05, 4.69) is 53.2 Å². The molecule has 0 spiro atoms. The van der Waals surface area contributed by atoms with Crippen molar-refractivity contribution in [3.63, 3.8) is 0 Å². The Balaban J connectivity index is 1.20. The molecule has 7 heteroatoms. The van der Waals surface area contributed by atoms with E-state index >= 15 is 0 Å². The Hall–Kier alpha value is -2.64. The number of carbonyl (C=O) groups is 1. The molecule has 3 aromatic rings. The summed E-state index contributed by atoms with van der Waals surface area (Å²) in [6.45, 7) is 7.86. The lowest BCUT2D eigenvalue weighted by Crippen LogP contribution is -2.48. The van der Waals surface area contributed by atoms with Crippen LogP contribution in [0.15, 0.2) is 53.1 Å². The van der Waals surface area contributed by atoms with Crippen molar-refractivity contribution < 1.29 is 9.32 Å². The zero-order valence-electron chi connectivity index (χ0n) is 18.1. The summed E-state index contributed by atoms with van der Waals surface area (Å²) in [5.41, 5.74) is 4.68. The monoisotopic (exact) mass is 436 g/mol. The highest BCUT2D eigenvalue weighted by Crippen LogP contribution is 2.18. The van der Waals surface area contributed by atoms with Crippen molar-refractivity contribution in [3.05, 3.63) is 71.1 Å². The van der Waals surface area contributed by atoms with Crippen LogP contribution >= 0.6 is 11.8 Å². The molecule has 31 heavy (non-hydrogen) atoms. The smallest absolute Gasteiger partial charge is 0.241 e. The Morgan fingerprint density at radius 3 is 2.29 bits per heavy atom. The van der Waals surface area contributed by atoms with Crippen molar-refractivity contribution in [2.24, 2.45) is 0 Å². The van der Waals surface area contributed by atoms with E-state index in [-0.39, 0.29) is 5.91 Å². The van der Waals surface area contributed by atoms with Gasteiger partial charge < -0.3 is 9.42 Å². The van der Waals surface area contributed by atoms with Gasteiger partial charge in [-0.15, -0.1) is 11.8 Å². The van der Waals surface area contributed by atoms with Gasteiger partial charge in [0.2, 0.25) is 17.6 Å². The largest absolute Gasteiger partial charge is 0.339 e. The first kappa shape index (κ1) is 21.6. The Bertz CT molecular complexity index is 993. The van der Waals surface area contributed by atoms with Crippen molar-refractivity contribution in [2.45, 2.75) is 26.1 Å². The highest BCUT2D eigenvalue weighted by atomic mass is 32.2. The molecule has 162 valence electrons. The number of carbonyl (C=O) groups excluding carboxylic acids is 1. The fraction of sp³-hybridized carbons (Fsp3) is 0.375. The lowest BCUT2D eigenvalue weighted by Gasteiger charge is -2.33. The number of rotatable bonds is 7. The van der Waals surface area contributed by atoms with Crippen LogP contribution in [0.25, 0.3) is 11.4 Å². The van der Waals surface area contributed by atoms with Crippen LogP contribution in [0.5, 0.6) is 0 Å². The Kier molecular flexibility index (Phi) is 7.04. The molecule has 2 heterocycles. The number of aryl methyl sites for hydroxylation is 2. The first-order chi connectivity index (χ1) is 15.1. The summed E-state index contributed by atoms with van der Waals surface area (Å²) in [6, 6.07) is 16.6. The molecule has 6 nitrogen and oxygen atoms in total. The Morgan fingerprint density at radius 1 is 0.968 bits per heavy atom. The molecule has 1 fully saturated rings. The number of piperazine rings is 1. The van der Waals surface area contributed by atoms with Crippen molar-refractivity contribution in [2.75, 3.05) is 31.9 Å². The predicted octanol–water partition coefficient (Wildman–Crippen LogP) is 3.93. The van der Waals surface area contributed by atoms with Crippen LogP contribution in [-0.2, 0) is 17.1 Å². The van der Waals surface area contributed by atoms with Crippen molar-refractivity contribution in [3.8, 4) is 11.4 Å². The highest BCUT2D eigenvalue weighted by Gasteiger charge is 2.22. The summed E-state index contributed by atoms with van der Waals surface area (Å²) in [4.78, 5) is 21.3. The van der Waals surface area contributed by atoms with Gasteiger partial charge in [-0.2, -0.15) is 4.98 Å². The number of aromatic nitrogens is 2. The lowest BCUT2D eigenvalue weighted by molar-refractivity contribution is -0.130. The second-order valence-corrected chi connectivity index (χ2v) is 9.00. The van der Waals surface area contributed by atoms with Gasteiger partial charge in [-0.1, -0.05) is 64.8 Å². The van der Waals surface area contributed by atoms with Gasteiger partial charge in [0.1, 0.15) is 0 Å². The Morgan fingerprint density at radius 2 is 1.61 bits per heavy atom. The SMILES string of the molecule is Cc1ccc(CSCC(=O)N2CCN(Cc3nc(-c4ccc(C)cc4)no3)CC2)cc1. The first-order valence-electron chi connectivity index (χ1n) is 10.6. The second kappa shape index (κ2) is 10.1. The Labute approximate surface area is 187 Å². The van der Waals surface area contributed by atoms with Gasteiger partial charge in [0.15, 0.2) is 0 Å². The standard InChI is InChI=1S/C24H28N4O2S/c1-18-3-7-20(8-4-18)16-31-17-23(29)28-13-11-27(12-14-28)15-22-25-24(26-30-22)21-9-5-19(2)6-10-21/h3-10H,11-17H2,1-2H3. The lowest BCUT2D eigenvalue weighted by atomic mass is 10.1. The zero-order valence-corrected chi connectivity index (χ0v) is 18.9. The highest BCUT2D eigenvalue weighted by molar-refractivity contribution is 7.99. The molecule has 0 radical (unpaired) electrons. The summed E-state index contributed by atoms with van der Waals surface area (Å²) < 4.78 is 5.44. The van der Waals surface area contributed by atoms with Crippen LogP contribution in [0.4, 0.5) is 0 Å². The predicted molar refractivity (Wildman–Crippen MR) is 124 cm³/mol. The summed E-state index contributed by atoms with van der Waals surface area (Å²) >= 11 is 1.68. The summed E-state index contributed by atoms with van der Waals surface area (Å²) in [5.74, 6) is 2.85. The van der Waals surface area contributed by atoms with Crippen molar-refractivity contribution >= 4 is 17.7 Å². The maximum atomic E-state index is 12.5. The summed E-state index contributed by atoms with van der Waals surface area (Å²) in [7, 11) is 0. The van der Waals surface area contributed by atoms with Crippen LogP contribution in [0, 0.1) is 13.8 Å². The first-order valence-corrected chi connectivity index (χ1v) is 11.8. The maximum Gasteiger partial charge on any atom is 0.241 e. The van der Waals surface area contributed by atoms with Gasteiger partial charge in [0, 0.05) is 37.5 Å². The van der Waals surface area contributed by atoms with E-state index in [1.807, 2.05) is 29.2 Å². The molecule has 0 unspecified atom stereocenters. The van der Waals surface area contributed by atoms with Gasteiger partial charge in [0.25, 0.3) is 0 Å². The number of hydrogen-bond acceptors (Lipinski definition) is 6. The molecule has 0 bridgehead atoms. The van der Waals surface area contributed by atoms with E-state index < -0.39 is 0 Å². The number of amides is 1. The fourth-order valence-corrected chi connectivity index (χ4v) is 4.40. The van der Waals surface area contributed by atoms with Crippen LogP contribution in [0.3, 0.4) is 0 Å². The number of nitrogens with zero attached hydrogens (tertiary/aromatic N) is 4. The molecule has 1 aromatic heterocycles.